The second kappa shape index (κ2) is 53.9. The lowest BCUT2D eigenvalue weighted by molar-refractivity contribution is -0.167. The molecular formula is C60H100O6. The maximum atomic E-state index is 12.8. The molecular weight excluding hydrogens is 817 g/mol. The number of esters is 3. The Morgan fingerprint density at radius 2 is 0.621 bits per heavy atom. The second-order valence-corrected chi connectivity index (χ2v) is 17.7. The molecule has 66 heavy (non-hydrogen) atoms. The third kappa shape index (κ3) is 51.3. The van der Waals surface area contributed by atoms with Gasteiger partial charge < -0.3 is 14.2 Å². The molecule has 0 amide bonds. The average Bonchev–Trinajstić information content (AvgIpc) is 3.31. The SMILES string of the molecule is CC/C=C\C/C=C\C/C=C\C/C=C\CCCCCCC(=O)OC(COC(=O)CCCCCCC/C=C\C/C=C\CCC)COC(=O)CCCCCCCCC/C=C\C/C=C\CCCCCC. The molecule has 0 fully saturated rings. The summed E-state index contributed by atoms with van der Waals surface area (Å²) in [6, 6.07) is 0. The molecule has 1 atom stereocenters. The summed E-state index contributed by atoms with van der Waals surface area (Å²) in [5, 5.41) is 0. The Hall–Kier alpha value is -3.67. The number of unbranched alkanes of at least 4 members (excludes halogenated alkanes) is 21. The Bertz CT molecular complexity index is 1330. The van der Waals surface area contributed by atoms with E-state index in [1.807, 2.05) is 0 Å². The van der Waals surface area contributed by atoms with E-state index in [1.54, 1.807) is 0 Å². The van der Waals surface area contributed by atoms with Crippen molar-refractivity contribution in [2.75, 3.05) is 13.2 Å². The van der Waals surface area contributed by atoms with Gasteiger partial charge in [0.1, 0.15) is 13.2 Å². The van der Waals surface area contributed by atoms with Crippen LogP contribution in [0.15, 0.2) is 97.2 Å². The third-order valence-corrected chi connectivity index (χ3v) is 11.3. The zero-order valence-electron chi connectivity index (χ0n) is 42.9. The van der Waals surface area contributed by atoms with E-state index in [9.17, 15) is 14.4 Å². The highest BCUT2D eigenvalue weighted by Gasteiger charge is 2.19. The van der Waals surface area contributed by atoms with Crippen molar-refractivity contribution >= 4 is 17.9 Å². The highest BCUT2D eigenvalue weighted by atomic mass is 16.6. The molecule has 0 bridgehead atoms. The van der Waals surface area contributed by atoms with Gasteiger partial charge in [-0.3, -0.25) is 14.4 Å². The largest absolute Gasteiger partial charge is 0.462 e. The number of carbonyl (C=O) groups excluding carboxylic acids is 3. The van der Waals surface area contributed by atoms with Crippen molar-refractivity contribution in [3.63, 3.8) is 0 Å². The Morgan fingerprint density at radius 1 is 0.318 bits per heavy atom. The van der Waals surface area contributed by atoms with Gasteiger partial charge in [-0.25, -0.2) is 0 Å². The van der Waals surface area contributed by atoms with Gasteiger partial charge in [0.25, 0.3) is 0 Å². The van der Waals surface area contributed by atoms with Crippen LogP contribution in [0.1, 0.15) is 245 Å². The summed E-state index contributed by atoms with van der Waals surface area (Å²) in [5.41, 5.74) is 0. The quantitative estimate of drug-likeness (QED) is 0.0262. The number of rotatable bonds is 48. The molecule has 0 heterocycles. The summed E-state index contributed by atoms with van der Waals surface area (Å²) in [5.74, 6) is -0.944. The van der Waals surface area contributed by atoms with E-state index in [2.05, 4.69) is 118 Å². The van der Waals surface area contributed by atoms with Crippen molar-refractivity contribution in [3.05, 3.63) is 97.2 Å². The molecule has 0 aromatic rings. The van der Waals surface area contributed by atoms with E-state index in [0.717, 1.165) is 141 Å². The third-order valence-electron chi connectivity index (χ3n) is 11.3. The number of allylic oxidation sites excluding steroid dienone is 16. The lowest BCUT2D eigenvalue weighted by atomic mass is 10.1. The van der Waals surface area contributed by atoms with Crippen LogP contribution in [0.5, 0.6) is 0 Å². The lowest BCUT2D eigenvalue weighted by Crippen LogP contribution is -2.30. The van der Waals surface area contributed by atoms with Crippen LogP contribution in [0.4, 0.5) is 0 Å². The molecule has 0 spiro atoms. The van der Waals surface area contributed by atoms with Crippen molar-refractivity contribution in [1.29, 1.82) is 0 Å². The summed E-state index contributed by atoms with van der Waals surface area (Å²) < 4.78 is 16.8. The van der Waals surface area contributed by atoms with Crippen LogP contribution in [0.25, 0.3) is 0 Å². The fourth-order valence-corrected chi connectivity index (χ4v) is 7.21. The lowest BCUT2D eigenvalue weighted by Gasteiger charge is -2.18. The van der Waals surface area contributed by atoms with E-state index in [0.29, 0.717) is 19.3 Å². The van der Waals surface area contributed by atoms with Crippen molar-refractivity contribution < 1.29 is 28.6 Å². The van der Waals surface area contributed by atoms with Crippen LogP contribution in [-0.2, 0) is 28.6 Å². The van der Waals surface area contributed by atoms with Gasteiger partial charge in [-0.15, -0.1) is 0 Å². The van der Waals surface area contributed by atoms with E-state index in [-0.39, 0.29) is 31.1 Å². The molecule has 1 unspecified atom stereocenters. The number of hydrogen-bond acceptors (Lipinski definition) is 6. The monoisotopic (exact) mass is 917 g/mol. The maximum absolute atomic E-state index is 12.8. The molecule has 0 aromatic carbocycles. The predicted molar refractivity (Wildman–Crippen MR) is 284 cm³/mol. The molecule has 6 heteroatoms. The fraction of sp³-hybridized carbons (Fsp3) is 0.683. The minimum absolute atomic E-state index is 0.0972. The summed E-state index contributed by atoms with van der Waals surface area (Å²) >= 11 is 0. The molecule has 0 aromatic heterocycles. The van der Waals surface area contributed by atoms with Gasteiger partial charge in [0, 0.05) is 19.3 Å². The zero-order valence-corrected chi connectivity index (χ0v) is 42.9. The molecule has 0 aliphatic carbocycles. The Balaban J connectivity index is 4.46. The van der Waals surface area contributed by atoms with Crippen LogP contribution >= 0.6 is 0 Å². The topological polar surface area (TPSA) is 78.9 Å². The molecule has 0 aliphatic rings. The first-order valence-electron chi connectivity index (χ1n) is 27.2. The number of hydrogen-bond donors (Lipinski definition) is 0. The molecule has 0 radical (unpaired) electrons. The van der Waals surface area contributed by atoms with Gasteiger partial charge in [0.15, 0.2) is 6.10 Å². The van der Waals surface area contributed by atoms with Gasteiger partial charge in [0.2, 0.25) is 0 Å². The van der Waals surface area contributed by atoms with Gasteiger partial charge >= 0.3 is 17.9 Å². The molecule has 0 saturated carbocycles. The van der Waals surface area contributed by atoms with Crippen molar-refractivity contribution in [2.45, 2.75) is 252 Å². The summed E-state index contributed by atoms with van der Waals surface area (Å²) in [6.07, 6.45) is 71.0. The van der Waals surface area contributed by atoms with E-state index in [4.69, 9.17) is 14.2 Å². The smallest absolute Gasteiger partial charge is 0.306 e. The normalized spacial score (nSPS) is 12.8. The molecule has 0 saturated heterocycles. The van der Waals surface area contributed by atoms with Crippen LogP contribution in [-0.4, -0.2) is 37.2 Å². The average molecular weight is 917 g/mol. The first-order valence-corrected chi connectivity index (χ1v) is 27.2. The van der Waals surface area contributed by atoms with Crippen LogP contribution in [0.2, 0.25) is 0 Å². The Morgan fingerprint density at radius 3 is 0.985 bits per heavy atom. The number of carbonyl (C=O) groups is 3. The first kappa shape index (κ1) is 62.3. The Kier molecular flexibility index (Phi) is 50.9. The van der Waals surface area contributed by atoms with Crippen LogP contribution < -0.4 is 0 Å². The van der Waals surface area contributed by atoms with E-state index in [1.165, 1.54) is 64.2 Å². The van der Waals surface area contributed by atoms with Crippen LogP contribution in [0, 0.1) is 0 Å². The maximum Gasteiger partial charge on any atom is 0.306 e. The van der Waals surface area contributed by atoms with E-state index < -0.39 is 6.10 Å². The highest BCUT2D eigenvalue weighted by Crippen LogP contribution is 2.14. The second-order valence-electron chi connectivity index (χ2n) is 17.7. The summed E-state index contributed by atoms with van der Waals surface area (Å²) in [4.78, 5) is 38.1. The molecule has 0 N–H and O–H groups in total. The van der Waals surface area contributed by atoms with Crippen molar-refractivity contribution in [1.82, 2.24) is 0 Å². The van der Waals surface area contributed by atoms with Crippen molar-refractivity contribution in [2.24, 2.45) is 0 Å². The first-order chi connectivity index (χ1) is 32.5. The molecule has 6 nitrogen and oxygen atoms in total. The minimum atomic E-state index is -0.801. The van der Waals surface area contributed by atoms with Gasteiger partial charge in [0.05, 0.1) is 0 Å². The van der Waals surface area contributed by atoms with Crippen molar-refractivity contribution in [3.8, 4) is 0 Å². The molecule has 376 valence electrons. The zero-order chi connectivity index (χ0) is 47.9. The summed E-state index contributed by atoms with van der Waals surface area (Å²) in [7, 11) is 0. The standard InChI is InChI=1S/C60H100O6/c1-4-7-10-13-16-19-22-25-27-29-31-32-35-38-41-44-47-50-53-59(62)65-56-57(55-64-58(61)52-49-46-43-40-37-34-24-21-18-15-12-9-6-3)66-60(63)54-51-48-45-42-39-36-33-30-28-26-23-20-17-14-11-8-5-2/h8,11-12,15,17,19-22,24,26-29,33,36,57H,4-7,9-10,13-14,16,18,23,25,30-32,34-35,37-56H2,1-3H3/b11-8-,15-12-,20-17-,22-19-,24-21-,28-26-,29-27-,36-33-. The molecule has 0 aliphatic heterocycles. The predicted octanol–water partition coefficient (Wildman–Crippen LogP) is 18.1. The Labute approximate surface area is 407 Å². The van der Waals surface area contributed by atoms with Gasteiger partial charge in [-0.2, -0.15) is 0 Å². The minimum Gasteiger partial charge on any atom is -0.462 e. The van der Waals surface area contributed by atoms with Gasteiger partial charge in [-0.1, -0.05) is 208 Å². The van der Waals surface area contributed by atoms with Gasteiger partial charge in [-0.05, 0) is 116 Å². The van der Waals surface area contributed by atoms with Crippen LogP contribution in [0.3, 0.4) is 0 Å². The number of ether oxygens (including phenoxy) is 3. The summed E-state index contributed by atoms with van der Waals surface area (Å²) in [6.45, 7) is 6.40. The van der Waals surface area contributed by atoms with E-state index >= 15 is 0 Å². The fourth-order valence-electron chi connectivity index (χ4n) is 7.21. The molecule has 0 rings (SSSR count). The highest BCUT2D eigenvalue weighted by molar-refractivity contribution is 5.71.